The second-order valence-corrected chi connectivity index (χ2v) is 8.13. The van der Waals surface area contributed by atoms with Crippen molar-refractivity contribution in [3.8, 4) is 5.75 Å². The first-order valence-corrected chi connectivity index (χ1v) is 11.2. The maximum absolute atomic E-state index is 10.6. The Labute approximate surface area is 195 Å². The SMILES string of the molecule is COc1ccc(COC[C@H]2O[C@@H](CC(O)/C=C/CO)[C@H](O)C[C@@H]2OCc2ccccc2)cc1. The molecule has 3 N–H and O–H groups in total. The average Bonchev–Trinajstić information content (AvgIpc) is 2.84. The topological polar surface area (TPSA) is 97.6 Å². The lowest BCUT2D eigenvalue weighted by Gasteiger charge is -2.40. The summed E-state index contributed by atoms with van der Waals surface area (Å²) in [5.74, 6) is 0.786. The van der Waals surface area contributed by atoms with E-state index < -0.39 is 24.4 Å². The maximum Gasteiger partial charge on any atom is 0.118 e. The lowest BCUT2D eigenvalue weighted by molar-refractivity contribution is -0.206. The largest absolute Gasteiger partial charge is 0.497 e. The van der Waals surface area contributed by atoms with Gasteiger partial charge >= 0.3 is 0 Å². The van der Waals surface area contributed by atoms with Crippen molar-refractivity contribution >= 4 is 0 Å². The fourth-order valence-corrected chi connectivity index (χ4v) is 3.81. The van der Waals surface area contributed by atoms with Crippen LogP contribution in [0.3, 0.4) is 0 Å². The van der Waals surface area contributed by atoms with Gasteiger partial charge in [-0.3, -0.25) is 0 Å². The Bertz CT molecular complexity index is 824. The summed E-state index contributed by atoms with van der Waals surface area (Å²) in [5, 5.41) is 29.7. The Hall–Kier alpha value is -2.26. The molecule has 1 unspecified atom stereocenters. The van der Waals surface area contributed by atoms with Crippen molar-refractivity contribution < 1.29 is 34.3 Å². The summed E-state index contributed by atoms with van der Waals surface area (Å²) >= 11 is 0. The number of aliphatic hydroxyl groups is 3. The Morgan fingerprint density at radius 2 is 1.76 bits per heavy atom. The molecular weight excluding hydrogens is 424 g/mol. The van der Waals surface area contributed by atoms with Crippen LogP contribution in [0.4, 0.5) is 0 Å². The number of rotatable bonds is 12. The molecule has 7 heteroatoms. The van der Waals surface area contributed by atoms with Crippen molar-refractivity contribution in [2.45, 2.75) is 56.6 Å². The number of methoxy groups -OCH3 is 1. The van der Waals surface area contributed by atoms with Crippen LogP contribution in [-0.4, -0.2) is 66.2 Å². The van der Waals surface area contributed by atoms with Gasteiger partial charge in [0, 0.05) is 12.8 Å². The molecule has 33 heavy (non-hydrogen) atoms. The van der Waals surface area contributed by atoms with E-state index in [0.717, 1.165) is 16.9 Å². The van der Waals surface area contributed by atoms with Crippen molar-refractivity contribution in [2.75, 3.05) is 20.3 Å². The minimum atomic E-state index is -0.820. The quantitative estimate of drug-likeness (QED) is 0.421. The third kappa shape index (κ3) is 8.23. The molecule has 1 aliphatic heterocycles. The van der Waals surface area contributed by atoms with Crippen molar-refractivity contribution in [2.24, 2.45) is 0 Å². The van der Waals surface area contributed by atoms with Gasteiger partial charge in [0.1, 0.15) is 11.9 Å². The molecule has 180 valence electrons. The van der Waals surface area contributed by atoms with Crippen LogP contribution in [0.5, 0.6) is 5.75 Å². The van der Waals surface area contributed by atoms with Gasteiger partial charge in [0.15, 0.2) is 0 Å². The number of hydrogen-bond donors (Lipinski definition) is 3. The van der Waals surface area contributed by atoms with E-state index in [1.54, 1.807) is 7.11 Å². The van der Waals surface area contributed by atoms with E-state index in [1.807, 2.05) is 54.6 Å². The Morgan fingerprint density at radius 1 is 1.03 bits per heavy atom. The lowest BCUT2D eigenvalue weighted by Crippen LogP contribution is -2.50. The molecule has 0 radical (unpaired) electrons. The molecular formula is C26H34O7. The van der Waals surface area contributed by atoms with E-state index in [2.05, 4.69) is 0 Å². The van der Waals surface area contributed by atoms with Crippen LogP contribution in [0.2, 0.25) is 0 Å². The van der Waals surface area contributed by atoms with Gasteiger partial charge in [0.25, 0.3) is 0 Å². The third-order valence-electron chi connectivity index (χ3n) is 5.62. The van der Waals surface area contributed by atoms with Gasteiger partial charge in [-0.05, 0) is 23.3 Å². The summed E-state index contributed by atoms with van der Waals surface area (Å²) in [6.45, 7) is 0.951. The fourth-order valence-electron chi connectivity index (χ4n) is 3.81. The molecule has 0 aliphatic carbocycles. The Balaban J connectivity index is 1.60. The van der Waals surface area contributed by atoms with Crippen LogP contribution in [0.15, 0.2) is 66.7 Å². The standard InChI is InChI=1S/C26H34O7/c1-30-22-11-9-20(10-12-22)16-31-18-26-25(32-17-19-6-3-2-4-7-19)15-23(29)24(33-26)14-21(28)8-5-13-27/h2-12,21,23-29H,13-18H2,1H3/b8-5+/t21?,23-,24+,25+,26-/m1/s1. The second kappa shape index (κ2) is 13.4. The van der Waals surface area contributed by atoms with Crippen molar-refractivity contribution in [3.05, 3.63) is 77.9 Å². The highest BCUT2D eigenvalue weighted by Crippen LogP contribution is 2.27. The molecule has 1 heterocycles. The van der Waals surface area contributed by atoms with Gasteiger partial charge in [-0.15, -0.1) is 0 Å². The molecule has 0 amide bonds. The van der Waals surface area contributed by atoms with Gasteiger partial charge in [-0.1, -0.05) is 54.6 Å². The van der Waals surface area contributed by atoms with Gasteiger partial charge in [-0.25, -0.2) is 0 Å². The highest BCUT2D eigenvalue weighted by Gasteiger charge is 2.38. The van der Waals surface area contributed by atoms with E-state index in [-0.39, 0.29) is 25.7 Å². The minimum absolute atomic E-state index is 0.150. The Kier molecular flexibility index (Phi) is 10.3. The number of benzene rings is 2. The zero-order chi connectivity index (χ0) is 23.5. The van der Waals surface area contributed by atoms with Crippen LogP contribution in [0.1, 0.15) is 24.0 Å². The zero-order valence-corrected chi connectivity index (χ0v) is 19.0. The van der Waals surface area contributed by atoms with E-state index in [1.165, 1.54) is 12.2 Å². The summed E-state index contributed by atoms with van der Waals surface area (Å²) in [7, 11) is 1.63. The smallest absolute Gasteiger partial charge is 0.118 e. The van der Waals surface area contributed by atoms with Gasteiger partial charge in [-0.2, -0.15) is 0 Å². The first-order chi connectivity index (χ1) is 16.1. The second-order valence-electron chi connectivity index (χ2n) is 8.13. The molecule has 0 aromatic heterocycles. The molecule has 5 atom stereocenters. The van der Waals surface area contributed by atoms with Gasteiger partial charge in [0.2, 0.25) is 0 Å². The normalized spacial score (nSPS) is 24.1. The molecule has 1 aliphatic rings. The number of ether oxygens (including phenoxy) is 4. The number of aliphatic hydroxyl groups excluding tert-OH is 3. The molecule has 0 saturated carbocycles. The summed E-state index contributed by atoms with van der Waals surface area (Å²) in [4.78, 5) is 0. The number of hydrogen-bond acceptors (Lipinski definition) is 7. The van der Waals surface area contributed by atoms with E-state index in [9.17, 15) is 10.2 Å². The molecule has 7 nitrogen and oxygen atoms in total. The Morgan fingerprint density at radius 3 is 2.45 bits per heavy atom. The third-order valence-corrected chi connectivity index (χ3v) is 5.62. The van der Waals surface area contributed by atoms with Crippen LogP contribution < -0.4 is 4.74 Å². The van der Waals surface area contributed by atoms with Gasteiger partial charge in [0.05, 0.1) is 58.0 Å². The highest BCUT2D eigenvalue weighted by atomic mass is 16.6. The molecule has 0 spiro atoms. The first kappa shape index (κ1) is 25.4. The van der Waals surface area contributed by atoms with Crippen LogP contribution >= 0.6 is 0 Å². The van der Waals surface area contributed by atoms with Crippen molar-refractivity contribution in [1.82, 2.24) is 0 Å². The summed E-state index contributed by atoms with van der Waals surface area (Å²) in [5.41, 5.74) is 2.05. The van der Waals surface area contributed by atoms with Crippen LogP contribution in [0, 0.1) is 0 Å². The molecule has 2 aromatic carbocycles. The van der Waals surface area contributed by atoms with Crippen LogP contribution in [0.25, 0.3) is 0 Å². The molecule has 1 saturated heterocycles. The van der Waals surface area contributed by atoms with Crippen molar-refractivity contribution in [1.29, 1.82) is 0 Å². The predicted octanol–water partition coefficient (Wildman–Crippen LogP) is 2.62. The summed E-state index contributed by atoms with van der Waals surface area (Å²) in [6, 6.07) is 17.5. The lowest BCUT2D eigenvalue weighted by atomic mass is 9.94. The average molecular weight is 459 g/mol. The van der Waals surface area contributed by atoms with Crippen LogP contribution in [-0.2, 0) is 27.4 Å². The fraction of sp³-hybridized carbons (Fsp3) is 0.462. The summed E-state index contributed by atoms with van der Waals surface area (Å²) in [6.07, 6.45) is 0.675. The van der Waals surface area contributed by atoms with Crippen molar-refractivity contribution in [3.63, 3.8) is 0 Å². The minimum Gasteiger partial charge on any atom is -0.497 e. The van der Waals surface area contributed by atoms with E-state index in [4.69, 9.17) is 24.1 Å². The molecule has 3 rings (SSSR count). The van der Waals surface area contributed by atoms with E-state index in [0.29, 0.717) is 19.6 Å². The zero-order valence-electron chi connectivity index (χ0n) is 19.0. The van der Waals surface area contributed by atoms with E-state index >= 15 is 0 Å². The monoisotopic (exact) mass is 458 g/mol. The van der Waals surface area contributed by atoms with Gasteiger partial charge < -0.3 is 34.3 Å². The highest BCUT2D eigenvalue weighted by molar-refractivity contribution is 5.26. The molecule has 1 fully saturated rings. The maximum atomic E-state index is 10.6. The summed E-state index contributed by atoms with van der Waals surface area (Å²) < 4.78 is 23.4. The predicted molar refractivity (Wildman–Crippen MR) is 124 cm³/mol. The molecule has 0 bridgehead atoms. The molecule has 2 aromatic rings. The first-order valence-electron chi connectivity index (χ1n) is 11.2.